The highest BCUT2D eigenvalue weighted by Gasteiger charge is 2.31. The molecule has 1 saturated heterocycles. The fraction of sp³-hybridized carbons (Fsp3) is 0.636. The van der Waals surface area contributed by atoms with Crippen LogP contribution >= 0.6 is 15.9 Å². The van der Waals surface area contributed by atoms with E-state index in [4.69, 9.17) is 9.47 Å². The SMILES string of the molecule is CC(C)(C)OC(=O)CC1CCN(C(=O)OC(C)(C)C)C1.Cc1cccc(Br)c1. The maximum atomic E-state index is 11.9. The number of esters is 1. The summed E-state index contributed by atoms with van der Waals surface area (Å²) < 4.78 is 11.8. The topological polar surface area (TPSA) is 55.8 Å². The highest BCUT2D eigenvalue weighted by molar-refractivity contribution is 9.10. The maximum Gasteiger partial charge on any atom is 0.410 e. The molecular formula is C22H34BrNO4. The predicted octanol–water partition coefficient (Wildman–Crippen LogP) is 5.73. The van der Waals surface area contributed by atoms with Crippen LogP contribution < -0.4 is 0 Å². The van der Waals surface area contributed by atoms with Crippen LogP contribution in [0.1, 0.15) is 59.9 Å². The molecule has 0 spiro atoms. The van der Waals surface area contributed by atoms with Gasteiger partial charge in [0.25, 0.3) is 0 Å². The van der Waals surface area contributed by atoms with E-state index in [2.05, 4.69) is 35.0 Å². The zero-order valence-electron chi connectivity index (χ0n) is 18.2. The number of rotatable bonds is 2. The molecular weight excluding hydrogens is 422 g/mol. The first-order valence-electron chi connectivity index (χ1n) is 9.67. The third-order valence-corrected chi connectivity index (χ3v) is 4.29. The largest absolute Gasteiger partial charge is 0.460 e. The number of benzene rings is 1. The Hall–Kier alpha value is -1.56. The van der Waals surface area contributed by atoms with Crippen molar-refractivity contribution >= 4 is 28.0 Å². The summed E-state index contributed by atoms with van der Waals surface area (Å²) in [7, 11) is 0. The molecule has 1 amide bonds. The Morgan fingerprint density at radius 1 is 1.11 bits per heavy atom. The van der Waals surface area contributed by atoms with Gasteiger partial charge in [0.2, 0.25) is 0 Å². The van der Waals surface area contributed by atoms with E-state index < -0.39 is 11.2 Å². The van der Waals surface area contributed by atoms with Gasteiger partial charge in [-0.1, -0.05) is 33.6 Å². The van der Waals surface area contributed by atoms with Crippen LogP contribution in [-0.4, -0.2) is 41.3 Å². The Morgan fingerprint density at radius 2 is 1.71 bits per heavy atom. The number of hydrogen-bond donors (Lipinski definition) is 0. The molecule has 1 unspecified atom stereocenters. The molecule has 0 N–H and O–H groups in total. The average molecular weight is 456 g/mol. The minimum atomic E-state index is -0.486. The highest BCUT2D eigenvalue weighted by Crippen LogP contribution is 2.23. The molecule has 1 atom stereocenters. The lowest BCUT2D eigenvalue weighted by Crippen LogP contribution is -2.35. The molecule has 1 fully saturated rings. The lowest BCUT2D eigenvalue weighted by Gasteiger charge is -2.24. The number of halogens is 1. The van der Waals surface area contributed by atoms with Gasteiger partial charge in [-0.15, -0.1) is 0 Å². The standard InChI is InChI=1S/C15H27NO4.C7H7Br/c1-14(2,3)19-12(17)9-11-7-8-16(10-11)13(18)20-15(4,5)6;1-6-3-2-4-7(8)5-6/h11H,7-10H2,1-6H3;2-5H,1H3. The Kier molecular flexibility index (Phi) is 8.99. The lowest BCUT2D eigenvalue weighted by molar-refractivity contribution is -0.155. The van der Waals surface area contributed by atoms with Gasteiger partial charge < -0.3 is 14.4 Å². The van der Waals surface area contributed by atoms with Gasteiger partial charge in [-0.3, -0.25) is 4.79 Å². The Morgan fingerprint density at radius 3 is 2.18 bits per heavy atom. The van der Waals surface area contributed by atoms with Crippen LogP contribution in [0.15, 0.2) is 28.7 Å². The van der Waals surface area contributed by atoms with Gasteiger partial charge in [0.1, 0.15) is 11.2 Å². The van der Waals surface area contributed by atoms with Gasteiger partial charge in [0.05, 0.1) is 6.42 Å². The van der Waals surface area contributed by atoms with Crippen LogP contribution in [0.5, 0.6) is 0 Å². The molecule has 0 radical (unpaired) electrons. The van der Waals surface area contributed by atoms with Gasteiger partial charge in [-0.05, 0) is 72.9 Å². The number of carbonyl (C=O) groups is 2. The number of carbonyl (C=O) groups excluding carboxylic acids is 2. The van der Waals surface area contributed by atoms with Crippen LogP contribution in [0.3, 0.4) is 0 Å². The van der Waals surface area contributed by atoms with Crippen molar-refractivity contribution < 1.29 is 19.1 Å². The summed E-state index contributed by atoms with van der Waals surface area (Å²) in [5.74, 6) is -0.0362. The summed E-state index contributed by atoms with van der Waals surface area (Å²) in [5, 5.41) is 0. The Bertz CT molecular complexity index is 644. The molecule has 0 aromatic heterocycles. The number of nitrogens with zero attached hydrogens (tertiary/aromatic N) is 1. The molecule has 1 aliphatic heterocycles. The number of likely N-dealkylation sites (tertiary alicyclic amines) is 1. The monoisotopic (exact) mass is 455 g/mol. The second-order valence-electron chi connectivity index (χ2n) is 9.17. The number of ether oxygens (including phenoxy) is 2. The molecule has 0 aliphatic carbocycles. The van der Waals surface area contributed by atoms with Crippen molar-refractivity contribution in [1.82, 2.24) is 4.90 Å². The van der Waals surface area contributed by atoms with E-state index in [1.54, 1.807) is 4.90 Å². The maximum absolute atomic E-state index is 11.9. The molecule has 2 rings (SSSR count). The van der Waals surface area contributed by atoms with E-state index in [1.807, 2.05) is 53.7 Å². The van der Waals surface area contributed by atoms with E-state index >= 15 is 0 Å². The fourth-order valence-electron chi connectivity index (χ4n) is 2.72. The van der Waals surface area contributed by atoms with Crippen molar-refractivity contribution in [1.29, 1.82) is 0 Å². The normalized spacial score (nSPS) is 16.9. The average Bonchev–Trinajstić information content (AvgIpc) is 2.92. The first-order valence-corrected chi connectivity index (χ1v) is 10.5. The van der Waals surface area contributed by atoms with Crippen molar-refractivity contribution in [3.05, 3.63) is 34.3 Å². The molecule has 5 nitrogen and oxygen atoms in total. The third kappa shape index (κ3) is 10.7. The quantitative estimate of drug-likeness (QED) is 0.533. The van der Waals surface area contributed by atoms with E-state index in [1.165, 1.54) is 5.56 Å². The van der Waals surface area contributed by atoms with Crippen LogP contribution in [-0.2, 0) is 14.3 Å². The van der Waals surface area contributed by atoms with Gasteiger partial charge in [0.15, 0.2) is 0 Å². The van der Waals surface area contributed by atoms with Crippen LogP contribution in [0.4, 0.5) is 4.79 Å². The molecule has 1 aromatic carbocycles. The highest BCUT2D eigenvalue weighted by atomic mass is 79.9. The summed E-state index contributed by atoms with van der Waals surface area (Å²) in [6, 6.07) is 8.21. The first-order chi connectivity index (χ1) is 12.7. The van der Waals surface area contributed by atoms with Crippen molar-refractivity contribution in [2.75, 3.05) is 13.1 Å². The van der Waals surface area contributed by atoms with Crippen molar-refractivity contribution in [3.8, 4) is 0 Å². The molecule has 158 valence electrons. The van der Waals surface area contributed by atoms with Crippen LogP contribution in [0.25, 0.3) is 0 Å². The van der Waals surface area contributed by atoms with Crippen molar-refractivity contribution in [2.45, 2.75) is 72.5 Å². The van der Waals surface area contributed by atoms with E-state index in [9.17, 15) is 9.59 Å². The molecule has 28 heavy (non-hydrogen) atoms. The van der Waals surface area contributed by atoms with Crippen molar-refractivity contribution in [2.24, 2.45) is 5.92 Å². The van der Waals surface area contributed by atoms with E-state index in [-0.39, 0.29) is 18.0 Å². The smallest absolute Gasteiger partial charge is 0.410 e. The molecule has 1 aliphatic rings. The van der Waals surface area contributed by atoms with Gasteiger partial charge in [-0.2, -0.15) is 0 Å². The van der Waals surface area contributed by atoms with Crippen LogP contribution in [0.2, 0.25) is 0 Å². The summed E-state index contributed by atoms with van der Waals surface area (Å²) in [6.45, 7) is 14.4. The number of aryl methyl sites for hydroxylation is 1. The van der Waals surface area contributed by atoms with Gasteiger partial charge in [-0.25, -0.2) is 4.79 Å². The first kappa shape index (κ1) is 24.5. The van der Waals surface area contributed by atoms with E-state index in [0.29, 0.717) is 19.5 Å². The van der Waals surface area contributed by atoms with Crippen LogP contribution in [0, 0.1) is 12.8 Å². The molecule has 1 aromatic rings. The second-order valence-corrected chi connectivity index (χ2v) is 10.1. The predicted molar refractivity (Wildman–Crippen MR) is 115 cm³/mol. The van der Waals surface area contributed by atoms with Crippen molar-refractivity contribution in [3.63, 3.8) is 0 Å². The summed E-state index contributed by atoms with van der Waals surface area (Å²) >= 11 is 3.36. The molecule has 6 heteroatoms. The minimum absolute atomic E-state index is 0.164. The summed E-state index contributed by atoms with van der Waals surface area (Å²) in [5.41, 5.74) is 0.348. The second kappa shape index (κ2) is 10.3. The summed E-state index contributed by atoms with van der Waals surface area (Å²) in [6.07, 6.45) is 0.874. The third-order valence-electron chi connectivity index (χ3n) is 3.79. The Balaban J connectivity index is 0.000000406. The minimum Gasteiger partial charge on any atom is -0.460 e. The molecule has 0 saturated carbocycles. The lowest BCUT2D eigenvalue weighted by atomic mass is 10.1. The number of hydrogen-bond acceptors (Lipinski definition) is 4. The fourth-order valence-corrected chi connectivity index (χ4v) is 3.23. The molecule has 0 bridgehead atoms. The molecule has 1 heterocycles. The number of amides is 1. The van der Waals surface area contributed by atoms with Gasteiger partial charge >= 0.3 is 12.1 Å². The summed E-state index contributed by atoms with van der Waals surface area (Å²) in [4.78, 5) is 25.3. The van der Waals surface area contributed by atoms with Gasteiger partial charge in [0, 0.05) is 17.6 Å². The Labute approximate surface area is 177 Å². The van der Waals surface area contributed by atoms with E-state index in [0.717, 1.165) is 10.9 Å². The zero-order chi connectivity index (χ0) is 21.5. The zero-order valence-corrected chi connectivity index (χ0v) is 19.8.